The Bertz CT molecular complexity index is 411. The van der Waals surface area contributed by atoms with E-state index in [9.17, 15) is 4.79 Å². The molecule has 0 fully saturated rings. The van der Waals surface area contributed by atoms with Crippen LogP contribution in [0.15, 0.2) is 30.3 Å². The molecule has 0 saturated carbocycles. The smallest absolute Gasteiger partial charge is 0.407 e. The van der Waals surface area contributed by atoms with Crippen LogP contribution in [0.5, 0.6) is 0 Å². The van der Waals surface area contributed by atoms with E-state index in [0.717, 1.165) is 5.56 Å². The summed E-state index contributed by atoms with van der Waals surface area (Å²) in [5, 5.41) is 2.79. The molecule has 4 nitrogen and oxygen atoms in total. The van der Waals surface area contributed by atoms with Crippen molar-refractivity contribution in [2.75, 3.05) is 0 Å². The van der Waals surface area contributed by atoms with Gasteiger partial charge in [-0.15, -0.1) is 0 Å². The fourth-order valence-corrected chi connectivity index (χ4v) is 1.56. The molecule has 4 heteroatoms. The lowest BCUT2D eigenvalue weighted by atomic mass is 10.2. The summed E-state index contributed by atoms with van der Waals surface area (Å²) >= 11 is 0. The second kappa shape index (κ2) is 7.29. The zero-order chi connectivity index (χ0) is 15.2. The first-order valence-electron chi connectivity index (χ1n) is 6.93. The molecule has 0 unspecified atom stereocenters. The Hall–Kier alpha value is -1.55. The molecule has 1 aromatic rings. The fourth-order valence-electron chi connectivity index (χ4n) is 1.56. The van der Waals surface area contributed by atoms with Crippen molar-refractivity contribution in [3.05, 3.63) is 35.9 Å². The van der Waals surface area contributed by atoms with Gasteiger partial charge in [0, 0.05) is 0 Å². The summed E-state index contributed by atoms with van der Waals surface area (Å²) in [5.74, 6) is 0. The first kappa shape index (κ1) is 16.5. The van der Waals surface area contributed by atoms with Gasteiger partial charge in [-0.05, 0) is 40.2 Å². The van der Waals surface area contributed by atoms with Gasteiger partial charge in [-0.2, -0.15) is 0 Å². The van der Waals surface area contributed by atoms with E-state index in [2.05, 4.69) is 5.32 Å². The molecular formula is C16H25NO3. The zero-order valence-corrected chi connectivity index (χ0v) is 13.0. The Balaban J connectivity index is 2.35. The average Bonchev–Trinajstić information content (AvgIpc) is 2.34. The van der Waals surface area contributed by atoms with Crippen LogP contribution < -0.4 is 5.32 Å². The largest absolute Gasteiger partial charge is 0.444 e. The molecule has 20 heavy (non-hydrogen) atoms. The number of carbonyl (C=O) groups excluding carboxylic acids is 1. The van der Waals surface area contributed by atoms with Crippen LogP contribution in [0.2, 0.25) is 0 Å². The maximum absolute atomic E-state index is 11.7. The van der Waals surface area contributed by atoms with Gasteiger partial charge >= 0.3 is 6.09 Å². The Labute approximate surface area is 121 Å². The first-order chi connectivity index (χ1) is 9.28. The number of ether oxygens (including phenoxy) is 2. The molecule has 0 aliphatic rings. The molecule has 0 radical (unpaired) electrons. The van der Waals surface area contributed by atoms with Crippen molar-refractivity contribution in [3.63, 3.8) is 0 Å². The van der Waals surface area contributed by atoms with Crippen LogP contribution in [0.1, 0.15) is 40.2 Å². The number of alkyl carbamates (subject to hydrolysis) is 1. The summed E-state index contributed by atoms with van der Waals surface area (Å²) in [5.41, 5.74) is 0.626. The molecule has 2 atom stereocenters. The Morgan fingerprint density at radius 1 is 1.20 bits per heavy atom. The number of benzene rings is 1. The van der Waals surface area contributed by atoms with Crippen LogP contribution in [-0.4, -0.2) is 23.8 Å². The predicted molar refractivity (Wildman–Crippen MR) is 79.5 cm³/mol. The third-order valence-corrected chi connectivity index (χ3v) is 2.80. The number of rotatable bonds is 5. The lowest BCUT2D eigenvalue weighted by molar-refractivity contribution is 0.0183. The van der Waals surface area contributed by atoms with Crippen molar-refractivity contribution in [3.8, 4) is 0 Å². The van der Waals surface area contributed by atoms with Crippen LogP contribution in [-0.2, 0) is 16.1 Å². The molecule has 1 aromatic carbocycles. The first-order valence-corrected chi connectivity index (χ1v) is 6.93. The standard InChI is InChI=1S/C16H25NO3/c1-12(17-15(18)20-16(3,4)5)13(2)19-11-14-9-7-6-8-10-14/h6-10,12-13H,11H2,1-5H3,(H,17,18)/t12-,13-/m1/s1. The fraction of sp³-hybridized carbons (Fsp3) is 0.562. The van der Waals surface area contributed by atoms with E-state index in [1.807, 2.05) is 65.0 Å². The number of amides is 1. The summed E-state index contributed by atoms with van der Waals surface area (Å²) in [4.78, 5) is 11.7. The molecule has 0 bridgehead atoms. The van der Waals surface area contributed by atoms with Gasteiger partial charge in [0.25, 0.3) is 0 Å². The zero-order valence-electron chi connectivity index (χ0n) is 13.0. The maximum atomic E-state index is 11.7. The molecule has 0 aliphatic heterocycles. The van der Waals surface area contributed by atoms with E-state index >= 15 is 0 Å². The topological polar surface area (TPSA) is 47.6 Å². The highest BCUT2D eigenvalue weighted by atomic mass is 16.6. The molecule has 0 heterocycles. The average molecular weight is 279 g/mol. The van der Waals surface area contributed by atoms with E-state index in [0.29, 0.717) is 6.61 Å². The maximum Gasteiger partial charge on any atom is 0.407 e. The molecule has 112 valence electrons. The van der Waals surface area contributed by atoms with Gasteiger partial charge in [-0.1, -0.05) is 30.3 Å². The van der Waals surface area contributed by atoms with E-state index in [4.69, 9.17) is 9.47 Å². The minimum Gasteiger partial charge on any atom is -0.444 e. The lowest BCUT2D eigenvalue weighted by Gasteiger charge is -2.25. The Kier molecular flexibility index (Phi) is 6.02. The summed E-state index contributed by atoms with van der Waals surface area (Å²) in [6.45, 7) is 9.89. The van der Waals surface area contributed by atoms with Crippen molar-refractivity contribution in [2.45, 2.75) is 59.0 Å². The third-order valence-electron chi connectivity index (χ3n) is 2.80. The van der Waals surface area contributed by atoms with E-state index in [-0.39, 0.29) is 12.1 Å². The summed E-state index contributed by atoms with van der Waals surface area (Å²) in [7, 11) is 0. The Morgan fingerprint density at radius 3 is 2.35 bits per heavy atom. The quantitative estimate of drug-likeness (QED) is 0.897. The SMILES string of the molecule is C[C@@H](NC(=O)OC(C)(C)C)[C@@H](C)OCc1ccccc1. The van der Waals surface area contributed by atoms with E-state index in [1.54, 1.807) is 0 Å². The monoisotopic (exact) mass is 279 g/mol. The van der Waals surface area contributed by atoms with Gasteiger partial charge < -0.3 is 14.8 Å². The molecule has 0 saturated heterocycles. The summed E-state index contributed by atoms with van der Waals surface area (Å²) in [6, 6.07) is 9.84. The van der Waals surface area contributed by atoms with Crippen LogP contribution in [0, 0.1) is 0 Å². The number of hydrogen-bond acceptors (Lipinski definition) is 3. The van der Waals surface area contributed by atoms with Crippen molar-refractivity contribution in [1.82, 2.24) is 5.32 Å². The minimum absolute atomic E-state index is 0.0947. The van der Waals surface area contributed by atoms with Crippen molar-refractivity contribution < 1.29 is 14.3 Å². The van der Waals surface area contributed by atoms with Crippen molar-refractivity contribution in [2.24, 2.45) is 0 Å². The highest BCUT2D eigenvalue weighted by Gasteiger charge is 2.20. The van der Waals surface area contributed by atoms with Gasteiger partial charge in [0.1, 0.15) is 5.60 Å². The highest BCUT2D eigenvalue weighted by Crippen LogP contribution is 2.09. The van der Waals surface area contributed by atoms with Gasteiger partial charge in [0.2, 0.25) is 0 Å². The number of nitrogens with one attached hydrogen (secondary N) is 1. The molecule has 1 rings (SSSR count). The van der Waals surface area contributed by atoms with E-state index < -0.39 is 11.7 Å². The highest BCUT2D eigenvalue weighted by molar-refractivity contribution is 5.68. The molecule has 0 aromatic heterocycles. The molecular weight excluding hydrogens is 254 g/mol. The summed E-state index contributed by atoms with van der Waals surface area (Å²) < 4.78 is 11.0. The van der Waals surface area contributed by atoms with Crippen LogP contribution in [0.25, 0.3) is 0 Å². The van der Waals surface area contributed by atoms with Gasteiger partial charge in [0.15, 0.2) is 0 Å². The molecule has 1 amide bonds. The summed E-state index contributed by atoms with van der Waals surface area (Å²) in [6.07, 6.45) is -0.511. The minimum atomic E-state index is -0.488. The normalized spacial score (nSPS) is 14.4. The van der Waals surface area contributed by atoms with Crippen molar-refractivity contribution in [1.29, 1.82) is 0 Å². The second-order valence-corrected chi connectivity index (χ2v) is 5.94. The third kappa shape index (κ3) is 6.57. The second-order valence-electron chi connectivity index (χ2n) is 5.94. The number of hydrogen-bond donors (Lipinski definition) is 1. The predicted octanol–water partition coefficient (Wildman–Crippen LogP) is 3.50. The van der Waals surface area contributed by atoms with Crippen molar-refractivity contribution >= 4 is 6.09 Å². The molecule has 0 aliphatic carbocycles. The van der Waals surface area contributed by atoms with Crippen LogP contribution >= 0.6 is 0 Å². The van der Waals surface area contributed by atoms with Gasteiger partial charge in [0.05, 0.1) is 18.8 Å². The molecule has 1 N–H and O–H groups in total. The lowest BCUT2D eigenvalue weighted by Crippen LogP contribution is -2.43. The van der Waals surface area contributed by atoms with E-state index in [1.165, 1.54) is 0 Å². The van der Waals surface area contributed by atoms with Crippen LogP contribution in [0.4, 0.5) is 4.79 Å². The van der Waals surface area contributed by atoms with Gasteiger partial charge in [-0.25, -0.2) is 4.79 Å². The molecule has 0 spiro atoms. The number of carbonyl (C=O) groups is 1. The van der Waals surface area contributed by atoms with Crippen LogP contribution in [0.3, 0.4) is 0 Å². The Morgan fingerprint density at radius 2 is 1.80 bits per heavy atom. The van der Waals surface area contributed by atoms with Gasteiger partial charge in [-0.3, -0.25) is 0 Å².